The van der Waals surface area contributed by atoms with Gasteiger partial charge in [-0.1, -0.05) is 6.07 Å². The van der Waals surface area contributed by atoms with E-state index < -0.39 is 0 Å². The molecule has 0 saturated carbocycles. The minimum Gasteiger partial charge on any atom is -0.424 e. The standard InChI is InChI=1S/C20H22N4O/c1-4-21-20-23-17-8-6-15(12-18(17)25-20)5-7-16-14(3)24-10-9-13(2)11-19(24)22-16/h6,8-12H,4-5,7H2,1-3H3,(H,21,23). The summed E-state index contributed by atoms with van der Waals surface area (Å²) in [6.07, 6.45) is 3.93. The smallest absolute Gasteiger partial charge is 0.295 e. The molecule has 5 nitrogen and oxygen atoms in total. The molecule has 0 atom stereocenters. The molecule has 0 fully saturated rings. The van der Waals surface area contributed by atoms with Crippen molar-refractivity contribution in [2.75, 3.05) is 11.9 Å². The van der Waals surface area contributed by atoms with E-state index in [9.17, 15) is 0 Å². The first-order chi connectivity index (χ1) is 12.1. The number of aryl methyl sites for hydroxylation is 4. The lowest BCUT2D eigenvalue weighted by atomic mass is 10.1. The largest absolute Gasteiger partial charge is 0.424 e. The maximum Gasteiger partial charge on any atom is 0.295 e. The molecule has 3 heterocycles. The van der Waals surface area contributed by atoms with E-state index in [0.29, 0.717) is 6.01 Å². The van der Waals surface area contributed by atoms with E-state index in [1.165, 1.54) is 16.8 Å². The van der Waals surface area contributed by atoms with Gasteiger partial charge in [0.1, 0.15) is 11.2 Å². The highest BCUT2D eigenvalue weighted by Gasteiger charge is 2.10. The van der Waals surface area contributed by atoms with Crippen molar-refractivity contribution in [3.8, 4) is 0 Å². The first kappa shape index (κ1) is 15.7. The second kappa shape index (κ2) is 6.24. The Morgan fingerprint density at radius 1 is 1.08 bits per heavy atom. The average Bonchev–Trinajstić information content (AvgIpc) is 3.13. The summed E-state index contributed by atoms with van der Waals surface area (Å²) in [5.41, 5.74) is 7.57. The van der Waals surface area contributed by atoms with Crippen molar-refractivity contribution in [2.24, 2.45) is 0 Å². The zero-order valence-corrected chi connectivity index (χ0v) is 14.8. The van der Waals surface area contributed by atoms with Crippen molar-refractivity contribution in [2.45, 2.75) is 33.6 Å². The van der Waals surface area contributed by atoms with Gasteiger partial charge in [0.05, 0.1) is 5.69 Å². The summed E-state index contributed by atoms with van der Waals surface area (Å²) >= 11 is 0. The van der Waals surface area contributed by atoms with Crippen LogP contribution in [-0.4, -0.2) is 20.9 Å². The predicted octanol–water partition coefficient (Wildman–Crippen LogP) is 4.31. The van der Waals surface area contributed by atoms with Crippen LogP contribution in [0.2, 0.25) is 0 Å². The topological polar surface area (TPSA) is 55.4 Å². The molecule has 0 spiro atoms. The number of hydrogen-bond acceptors (Lipinski definition) is 4. The van der Waals surface area contributed by atoms with E-state index in [0.717, 1.165) is 41.8 Å². The lowest BCUT2D eigenvalue weighted by molar-refractivity contribution is 0.616. The highest BCUT2D eigenvalue weighted by Crippen LogP contribution is 2.21. The lowest BCUT2D eigenvalue weighted by Crippen LogP contribution is -1.95. The van der Waals surface area contributed by atoms with Crippen LogP contribution in [0.5, 0.6) is 0 Å². The van der Waals surface area contributed by atoms with Crippen LogP contribution < -0.4 is 5.32 Å². The van der Waals surface area contributed by atoms with Crippen LogP contribution in [0, 0.1) is 13.8 Å². The van der Waals surface area contributed by atoms with Gasteiger partial charge < -0.3 is 14.1 Å². The molecule has 128 valence electrons. The SMILES string of the molecule is CCNc1nc2ccc(CCc3nc4cc(C)ccn4c3C)cc2o1. The van der Waals surface area contributed by atoms with Gasteiger partial charge in [0.15, 0.2) is 5.58 Å². The Kier molecular flexibility index (Phi) is 3.92. The van der Waals surface area contributed by atoms with Crippen LogP contribution in [0.25, 0.3) is 16.7 Å². The fourth-order valence-corrected chi connectivity index (χ4v) is 3.17. The fraction of sp³-hybridized carbons (Fsp3) is 0.300. The normalized spacial score (nSPS) is 11.5. The van der Waals surface area contributed by atoms with Crippen molar-refractivity contribution in [1.82, 2.24) is 14.4 Å². The van der Waals surface area contributed by atoms with Crippen LogP contribution in [0.3, 0.4) is 0 Å². The maximum absolute atomic E-state index is 5.74. The Hall–Kier alpha value is -2.82. The number of aromatic nitrogens is 3. The number of imidazole rings is 1. The molecule has 0 amide bonds. The van der Waals surface area contributed by atoms with Gasteiger partial charge in [0.2, 0.25) is 0 Å². The molecule has 0 saturated heterocycles. The van der Waals surface area contributed by atoms with Crippen molar-refractivity contribution in [1.29, 1.82) is 0 Å². The van der Waals surface area contributed by atoms with Gasteiger partial charge in [-0.3, -0.25) is 0 Å². The minimum absolute atomic E-state index is 0.584. The molecular weight excluding hydrogens is 312 g/mol. The van der Waals surface area contributed by atoms with Crippen LogP contribution in [-0.2, 0) is 12.8 Å². The molecule has 1 N–H and O–H groups in total. The number of rotatable bonds is 5. The number of oxazole rings is 1. The Morgan fingerprint density at radius 2 is 1.96 bits per heavy atom. The van der Waals surface area contributed by atoms with Crippen LogP contribution in [0.4, 0.5) is 6.01 Å². The lowest BCUT2D eigenvalue weighted by Gasteiger charge is -2.01. The van der Waals surface area contributed by atoms with Gasteiger partial charge in [-0.15, -0.1) is 0 Å². The van der Waals surface area contributed by atoms with Gasteiger partial charge in [-0.05, 0) is 69.0 Å². The van der Waals surface area contributed by atoms with Gasteiger partial charge in [0, 0.05) is 18.4 Å². The molecule has 1 aromatic carbocycles. The van der Waals surface area contributed by atoms with Crippen LogP contribution >= 0.6 is 0 Å². The quantitative estimate of drug-likeness (QED) is 0.591. The zero-order valence-electron chi connectivity index (χ0n) is 14.8. The molecule has 0 aliphatic rings. The summed E-state index contributed by atoms with van der Waals surface area (Å²) in [5, 5.41) is 3.11. The first-order valence-electron chi connectivity index (χ1n) is 8.71. The average molecular weight is 334 g/mol. The Labute approximate surface area is 146 Å². The highest BCUT2D eigenvalue weighted by atomic mass is 16.4. The third kappa shape index (κ3) is 2.97. The number of benzene rings is 1. The van der Waals surface area contributed by atoms with Crippen molar-refractivity contribution in [3.63, 3.8) is 0 Å². The van der Waals surface area contributed by atoms with E-state index in [1.54, 1.807) is 0 Å². The number of pyridine rings is 1. The molecule has 0 unspecified atom stereocenters. The van der Waals surface area contributed by atoms with E-state index in [1.807, 2.05) is 13.0 Å². The van der Waals surface area contributed by atoms with Crippen molar-refractivity contribution in [3.05, 3.63) is 59.0 Å². The van der Waals surface area contributed by atoms with Gasteiger partial charge in [0.25, 0.3) is 6.01 Å². The van der Waals surface area contributed by atoms with E-state index >= 15 is 0 Å². The van der Waals surface area contributed by atoms with Crippen molar-refractivity contribution < 1.29 is 4.42 Å². The van der Waals surface area contributed by atoms with E-state index in [4.69, 9.17) is 9.40 Å². The van der Waals surface area contributed by atoms with E-state index in [2.05, 4.69) is 59.0 Å². The zero-order chi connectivity index (χ0) is 17.4. The maximum atomic E-state index is 5.74. The highest BCUT2D eigenvalue weighted by molar-refractivity contribution is 5.75. The Balaban J connectivity index is 1.56. The molecule has 0 aliphatic carbocycles. The molecule has 0 bridgehead atoms. The molecule has 4 aromatic rings. The molecule has 25 heavy (non-hydrogen) atoms. The third-order valence-corrected chi connectivity index (χ3v) is 4.55. The summed E-state index contributed by atoms with van der Waals surface area (Å²) < 4.78 is 7.90. The van der Waals surface area contributed by atoms with Gasteiger partial charge in [-0.2, -0.15) is 4.98 Å². The predicted molar refractivity (Wildman–Crippen MR) is 100 cm³/mol. The number of fused-ring (bicyclic) bond motifs is 2. The second-order valence-electron chi connectivity index (χ2n) is 6.43. The summed E-state index contributed by atoms with van der Waals surface area (Å²) in [6.45, 7) is 7.05. The summed E-state index contributed by atoms with van der Waals surface area (Å²) in [6, 6.07) is 11.1. The summed E-state index contributed by atoms with van der Waals surface area (Å²) in [5.74, 6) is 0. The number of hydrogen-bond donors (Lipinski definition) is 1. The van der Waals surface area contributed by atoms with Crippen LogP contribution in [0.15, 0.2) is 40.9 Å². The van der Waals surface area contributed by atoms with E-state index in [-0.39, 0.29) is 0 Å². The number of nitrogens with zero attached hydrogens (tertiary/aromatic N) is 3. The second-order valence-corrected chi connectivity index (χ2v) is 6.43. The Bertz CT molecular complexity index is 1040. The van der Waals surface area contributed by atoms with Crippen molar-refractivity contribution >= 4 is 22.8 Å². The Morgan fingerprint density at radius 3 is 2.80 bits per heavy atom. The molecule has 0 radical (unpaired) electrons. The molecule has 5 heteroatoms. The van der Waals surface area contributed by atoms with Gasteiger partial charge >= 0.3 is 0 Å². The molecule has 0 aliphatic heterocycles. The third-order valence-electron chi connectivity index (χ3n) is 4.55. The fourth-order valence-electron chi connectivity index (χ4n) is 3.17. The van der Waals surface area contributed by atoms with Gasteiger partial charge in [-0.25, -0.2) is 4.98 Å². The number of anilines is 1. The number of nitrogens with one attached hydrogen (secondary N) is 1. The minimum atomic E-state index is 0.584. The monoisotopic (exact) mass is 334 g/mol. The summed E-state index contributed by atoms with van der Waals surface area (Å²) in [4.78, 5) is 9.22. The van der Waals surface area contributed by atoms with Crippen LogP contribution in [0.1, 0.15) is 29.4 Å². The molecular formula is C20H22N4O. The molecule has 4 rings (SSSR count). The molecule has 3 aromatic heterocycles. The summed E-state index contributed by atoms with van der Waals surface area (Å²) in [7, 11) is 0. The first-order valence-corrected chi connectivity index (χ1v) is 8.71.